The van der Waals surface area contributed by atoms with Gasteiger partial charge in [-0.05, 0) is 143 Å². The molecule has 0 aromatic heterocycles. The average molecular weight is 847 g/mol. The van der Waals surface area contributed by atoms with E-state index < -0.39 is 8.07 Å². The molecule has 2 nitrogen and oxygen atoms in total. The minimum atomic E-state index is -2.95. The summed E-state index contributed by atoms with van der Waals surface area (Å²) in [5.41, 5.74) is 23.8. The number of hydrogen-bond donors (Lipinski definition) is 0. The van der Waals surface area contributed by atoms with Crippen LogP contribution in [0.5, 0.6) is 0 Å². The zero-order chi connectivity index (χ0) is 43.6. The van der Waals surface area contributed by atoms with E-state index >= 15 is 0 Å². The minimum absolute atomic E-state index is 0.0591. The van der Waals surface area contributed by atoms with Gasteiger partial charge in [0.1, 0.15) is 0 Å². The van der Waals surface area contributed by atoms with E-state index in [1.807, 2.05) is 0 Å². The topological polar surface area (TPSA) is 6.48 Å². The van der Waals surface area contributed by atoms with Crippen molar-refractivity contribution in [2.45, 2.75) is 45.4 Å². The molecule has 4 heteroatoms. The maximum atomic E-state index is 2.65. The quantitative estimate of drug-likeness (QED) is 0.163. The first kappa shape index (κ1) is 37.3. The minimum Gasteiger partial charge on any atom is -0.311 e. The van der Waals surface area contributed by atoms with Crippen molar-refractivity contribution in [2.24, 2.45) is 0 Å². The summed E-state index contributed by atoms with van der Waals surface area (Å²) >= 11 is 0. The number of aryl methyl sites for hydroxylation is 1. The molecule has 0 radical (unpaired) electrons. The Labute approximate surface area is 383 Å². The predicted octanol–water partition coefficient (Wildman–Crippen LogP) is 10.4. The maximum absolute atomic E-state index is 2.95. The Morgan fingerprint density at radius 3 is 1.25 bits per heavy atom. The molecule has 5 aliphatic rings. The van der Waals surface area contributed by atoms with E-state index in [-0.39, 0.29) is 17.5 Å². The number of anilines is 6. The van der Waals surface area contributed by atoms with E-state index in [1.54, 1.807) is 0 Å². The first-order valence-electron chi connectivity index (χ1n) is 23.3. The van der Waals surface area contributed by atoms with E-state index in [2.05, 4.69) is 239 Å². The molecule has 0 N–H and O–H groups in total. The first-order valence-corrected chi connectivity index (χ1v) is 25.3. The summed E-state index contributed by atoms with van der Waals surface area (Å²) in [5.74, 6) is 0. The Bertz CT molecular complexity index is 3310. The van der Waals surface area contributed by atoms with Crippen molar-refractivity contribution in [1.82, 2.24) is 0 Å². The molecule has 9 aromatic carbocycles. The van der Waals surface area contributed by atoms with Gasteiger partial charge in [-0.1, -0.05) is 173 Å². The molecule has 65 heavy (non-hydrogen) atoms. The van der Waals surface area contributed by atoms with Gasteiger partial charge in [0.25, 0.3) is 6.71 Å². The summed E-state index contributed by atoms with van der Waals surface area (Å²) < 4.78 is 0. The molecule has 3 heterocycles. The molecule has 2 aliphatic carbocycles. The van der Waals surface area contributed by atoms with Crippen LogP contribution in [0.25, 0.3) is 22.3 Å². The Kier molecular flexibility index (Phi) is 7.32. The van der Waals surface area contributed by atoms with E-state index in [0.717, 1.165) is 0 Å². The third-order valence-corrected chi connectivity index (χ3v) is 21.0. The van der Waals surface area contributed by atoms with Crippen LogP contribution in [0.1, 0.15) is 55.5 Å². The fourth-order valence-electron chi connectivity index (χ4n) is 13.4. The molecule has 0 amide bonds. The standard InChI is InChI=1S/C61H47BN2Si/c1-38-34-53-57-54(35-38)64(40-31-33-46-44-23-13-15-25-48(44)61(4,5)50(46)37-40)52-27-17-29-56-59(52)62(57)58-51(63(53)39-30-32-45-43-22-12-14-24-47(43)60(2,3)49(45)36-39)26-16-28-55(58)65(56,41-18-8-6-9-19-41)42-20-10-7-11-21-42/h6-37H,1-5H3. The van der Waals surface area contributed by atoms with Crippen molar-refractivity contribution >= 4 is 86.0 Å². The molecule has 0 atom stereocenters. The molecule has 0 saturated heterocycles. The molecule has 308 valence electrons. The number of hydrogen-bond acceptors (Lipinski definition) is 2. The van der Waals surface area contributed by atoms with Crippen LogP contribution in [0.4, 0.5) is 34.1 Å². The van der Waals surface area contributed by atoms with Gasteiger partial charge < -0.3 is 9.80 Å². The van der Waals surface area contributed by atoms with Crippen LogP contribution < -0.4 is 46.9 Å². The predicted molar refractivity (Wildman–Crippen MR) is 278 cm³/mol. The van der Waals surface area contributed by atoms with Gasteiger partial charge in [0.2, 0.25) is 0 Å². The van der Waals surface area contributed by atoms with Gasteiger partial charge in [0, 0.05) is 45.0 Å². The normalized spacial score (nSPS) is 16.4. The second-order valence-electron chi connectivity index (χ2n) is 20.1. The van der Waals surface area contributed by atoms with Crippen LogP contribution in [-0.4, -0.2) is 14.8 Å². The lowest BCUT2D eigenvalue weighted by molar-refractivity contribution is 0.660. The lowest BCUT2D eigenvalue weighted by Gasteiger charge is -2.51. The molecule has 9 aromatic rings. The summed E-state index contributed by atoms with van der Waals surface area (Å²) in [6.07, 6.45) is 0. The lowest BCUT2D eigenvalue weighted by Crippen LogP contribution is -2.88. The van der Waals surface area contributed by atoms with Crippen LogP contribution in [0.3, 0.4) is 0 Å². The van der Waals surface area contributed by atoms with Gasteiger partial charge in [0.05, 0.1) is 0 Å². The number of benzene rings is 9. The first-order chi connectivity index (χ1) is 31.7. The summed E-state index contributed by atoms with van der Waals surface area (Å²) in [5, 5.41) is 5.81. The molecule has 0 unspecified atom stereocenters. The molecule has 14 rings (SSSR count). The molecule has 0 saturated carbocycles. The van der Waals surface area contributed by atoms with E-state index in [4.69, 9.17) is 0 Å². The summed E-state index contributed by atoms with van der Waals surface area (Å²) in [6.45, 7) is 12.0. The number of fused-ring (bicyclic) bond motifs is 6. The zero-order valence-corrected chi connectivity index (χ0v) is 38.4. The van der Waals surface area contributed by atoms with Gasteiger partial charge in [-0.15, -0.1) is 0 Å². The van der Waals surface area contributed by atoms with Crippen LogP contribution in [0, 0.1) is 6.92 Å². The van der Waals surface area contributed by atoms with Gasteiger partial charge in [-0.25, -0.2) is 0 Å². The van der Waals surface area contributed by atoms with Crippen molar-refractivity contribution in [3.63, 3.8) is 0 Å². The van der Waals surface area contributed by atoms with E-state index in [9.17, 15) is 0 Å². The van der Waals surface area contributed by atoms with Crippen LogP contribution in [-0.2, 0) is 10.8 Å². The fourth-order valence-corrected chi connectivity index (χ4v) is 18.7. The molecule has 0 bridgehead atoms. The molecule has 3 aliphatic heterocycles. The highest BCUT2D eigenvalue weighted by Gasteiger charge is 2.56. The molecular weight excluding hydrogens is 800 g/mol. The van der Waals surface area contributed by atoms with Crippen molar-refractivity contribution in [3.8, 4) is 22.3 Å². The molecule has 0 fully saturated rings. The monoisotopic (exact) mass is 846 g/mol. The van der Waals surface area contributed by atoms with Crippen molar-refractivity contribution in [2.75, 3.05) is 9.80 Å². The van der Waals surface area contributed by atoms with Crippen LogP contribution >= 0.6 is 0 Å². The highest BCUT2D eigenvalue weighted by molar-refractivity contribution is 7.27. The number of rotatable bonds is 4. The molecule has 0 spiro atoms. The zero-order valence-electron chi connectivity index (χ0n) is 37.4. The third-order valence-electron chi connectivity index (χ3n) is 16.1. The van der Waals surface area contributed by atoms with E-state index in [0.29, 0.717) is 0 Å². The van der Waals surface area contributed by atoms with Gasteiger partial charge >= 0.3 is 0 Å². The lowest BCUT2D eigenvalue weighted by atomic mass is 9.33. The smallest absolute Gasteiger partial charge is 0.251 e. The highest BCUT2D eigenvalue weighted by atomic mass is 28.3. The highest BCUT2D eigenvalue weighted by Crippen LogP contribution is 2.53. The number of nitrogens with zero attached hydrogens (tertiary/aromatic N) is 2. The largest absolute Gasteiger partial charge is 0.311 e. The Hall–Kier alpha value is -7.14. The summed E-state index contributed by atoms with van der Waals surface area (Å²) in [6, 6.07) is 75.3. The maximum Gasteiger partial charge on any atom is 0.251 e. The van der Waals surface area contributed by atoms with Crippen LogP contribution in [0.15, 0.2) is 194 Å². The van der Waals surface area contributed by atoms with Crippen molar-refractivity contribution in [1.29, 1.82) is 0 Å². The van der Waals surface area contributed by atoms with Gasteiger partial charge in [0.15, 0.2) is 8.07 Å². The Morgan fingerprint density at radius 1 is 0.369 bits per heavy atom. The Balaban J connectivity index is 1.11. The van der Waals surface area contributed by atoms with E-state index in [1.165, 1.54) is 121 Å². The summed E-state index contributed by atoms with van der Waals surface area (Å²) in [7, 11) is -2.95. The SMILES string of the molecule is Cc1cc2c3c(c1)N(c1ccc4c(c1)C(C)(C)c1ccccc1-4)c1cccc4c1B3c1c(cccc1[Si]4(c1ccccc1)c1ccccc1)N2c1ccc2c(c1)C(C)(C)c1ccccc1-2. The second-order valence-corrected chi connectivity index (χ2v) is 23.8. The second kappa shape index (κ2) is 12.8. The Morgan fingerprint density at radius 2 is 0.785 bits per heavy atom. The average Bonchev–Trinajstić information content (AvgIpc) is 3.71. The molecular formula is C61H47BN2Si. The van der Waals surface area contributed by atoms with Gasteiger partial charge in [-0.3, -0.25) is 0 Å². The van der Waals surface area contributed by atoms with Crippen molar-refractivity contribution < 1.29 is 0 Å². The summed E-state index contributed by atoms with van der Waals surface area (Å²) in [4.78, 5) is 5.30. The fraction of sp³-hybridized carbons (Fsp3) is 0.115. The van der Waals surface area contributed by atoms with Gasteiger partial charge in [-0.2, -0.15) is 0 Å². The van der Waals surface area contributed by atoms with Crippen molar-refractivity contribution in [3.05, 3.63) is 222 Å². The van der Waals surface area contributed by atoms with Crippen LogP contribution in [0.2, 0.25) is 0 Å². The third kappa shape index (κ3) is 4.60.